The Balaban J connectivity index is 1.81. The van der Waals surface area contributed by atoms with Crippen molar-refractivity contribution in [1.82, 2.24) is 0 Å². The van der Waals surface area contributed by atoms with Gasteiger partial charge in [0.15, 0.2) is 11.5 Å². The predicted molar refractivity (Wildman–Crippen MR) is 74.3 cm³/mol. The van der Waals surface area contributed by atoms with Crippen LogP contribution in [0.2, 0.25) is 0 Å². The Bertz CT molecular complexity index is 648. The molecule has 1 amide bonds. The van der Waals surface area contributed by atoms with E-state index in [1.165, 1.54) is 0 Å². The average Bonchev–Trinajstić information content (AvgIpc) is 2.94. The number of thiophene rings is 1. The molecule has 0 radical (unpaired) electrons. The van der Waals surface area contributed by atoms with Crippen LogP contribution in [-0.2, 0) is 0 Å². The predicted octanol–water partition coefficient (Wildman–Crippen LogP) is 3.35. The van der Waals surface area contributed by atoms with Crippen molar-refractivity contribution in [2.24, 2.45) is 0 Å². The molecular formula is C14H13NO3S. The smallest absolute Gasteiger partial charge is 0.256 e. The number of anilines is 1. The Kier molecular flexibility index (Phi) is 2.91. The summed E-state index contributed by atoms with van der Waals surface area (Å²) in [5, 5.41) is 2.87. The molecule has 0 bridgehead atoms. The molecule has 1 aromatic carbocycles. The number of amides is 1. The van der Waals surface area contributed by atoms with E-state index >= 15 is 0 Å². The van der Waals surface area contributed by atoms with E-state index in [4.69, 9.17) is 9.47 Å². The number of hydrogen-bond donors (Lipinski definition) is 1. The van der Waals surface area contributed by atoms with Crippen molar-refractivity contribution >= 4 is 22.9 Å². The lowest BCUT2D eigenvalue weighted by Gasteiger charge is -2.05. The molecule has 0 atom stereocenters. The van der Waals surface area contributed by atoms with E-state index in [0.29, 0.717) is 17.2 Å². The van der Waals surface area contributed by atoms with Crippen LogP contribution in [0.25, 0.3) is 0 Å². The molecule has 1 aromatic heterocycles. The van der Waals surface area contributed by atoms with E-state index in [1.807, 2.05) is 19.9 Å². The molecule has 0 spiro atoms. The molecule has 3 rings (SSSR count). The Morgan fingerprint density at radius 2 is 2.00 bits per heavy atom. The fraction of sp³-hybridized carbons (Fsp3) is 0.214. The first kappa shape index (κ1) is 12.0. The van der Waals surface area contributed by atoms with Crippen LogP contribution in [-0.4, -0.2) is 12.7 Å². The third-order valence-corrected chi connectivity index (χ3v) is 3.88. The summed E-state index contributed by atoms with van der Waals surface area (Å²) in [7, 11) is 0. The van der Waals surface area contributed by atoms with Gasteiger partial charge in [-0.1, -0.05) is 0 Å². The standard InChI is InChI=1S/C14H13NO3S/c1-8-5-11(9(2)19-8)14(16)15-10-3-4-12-13(6-10)18-7-17-12/h3-6H,7H2,1-2H3,(H,15,16). The number of aryl methyl sites for hydroxylation is 2. The van der Waals surface area contributed by atoms with E-state index in [9.17, 15) is 4.79 Å². The van der Waals surface area contributed by atoms with Gasteiger partial charge >= 0.3 is 0 Å². The Morgan fingerprint density at radius 1 is 1.21 bits per heavy atom. The van der Waals surface area contributed by atoms with Crippen molar-refractivity contribution in [1.29, 1.82) is 0 Å². The second kappa shape index (κ2) is 4.59. The molecule has 0 aliphatic carbocycles. The van der Waals surface area contributed by atoms with E-state index in [2.05, 4.69) is 5.32 Å². The summed E-state index contributed by atoms with van der Waals surface area (Å²) < 4.78 is 10.5. The van der Waals surface area contributed by atoms with Crippen LogP contribution < -0.4 is 14.8 Å². The molecule has 19 heavy (non-hydrogen) atoms. The summed E-state index contributed by atoms with van der Waals surface area (Å²) in [5.74, 6) is 1.28. The van der Waals surface area contributed by atoms with Gasteiger partial charge in [0, 0.05) is 21.5 Å². The normalized spacial score (nSPS) is 12.5. The molecular weight excluding hydrogens is 262 g/mol. The van der Waals surface area contributed by atoms with Crippen LogP contribution in [0.3, 0.4) is 0 Å². The summed E-state index contributed by atoms with van der Waals surface area (Å²) in [4.78, 5) is 14.3. The van der Waals surface area contributed by atoms with Crippen LogP contribution in [0.5, 0.6) is 11.5 Å². The summed E-state index contributed by atoms with van der Waals surface area (Å²) in [6.07, 6.45) is 0. The molecule has 0 saturated carbocycles. The third kappa shape index (κ3) is 2.29. The molecule has 0 unspecified atom stereocenters. The van der Waals surface area contributed by atoms with Crippen molar-refractivity contribution in [2.45, 2.75) is 13.8 Å². The number of rotatable bonds is 2. The maximum Gasteiger partial charge on any atom is 0.256 e. The number of benzene rings is 1. The van der Waals surface area contributed by atoms with Gasteiger partial charge in [0.2, 0.25) is 6.79 Å². The molecule has 0 saturated heterocycles. The van der Waals surface area contributed by atoms with Gasteiger partial charge < -0.3 is 14.8 Å². The van der Waals surface area contributed by atoms with Crippen LogP contribution >= 0.6 is 11.3 Å². The lowest BCUT2D eigenvalue weighted by atomic mass is 10.2. The van der Waals surface area contributed by atoms with Crippen LogP contribution in [0.15, 0.2) is 24.3 Å². The van der Waals surface area contributed by atoms with Gasteiger partial charge in [-0.2, -0.15) is 0 Å². The van der Waals surface area contributed by atoms with Crippen molar-refractivity contribution in [3.05, 3.63) is 39.6 Å². The summed E-state index contributed by atoms with van der Waals surface area (Å²) in [5.41, 5.74) is 1.43. The summed E-state index contributed by atoms with van der Waals surface area (Å²) >= 11 is 1.62. The van der Waals surface area contributed by atoms with Crippen molar-refractivity contribution in [3.63, 3.8) is 0 Å². The largest absolute Gasteiger partial charge is 0.454 e. The molecule has 98 valence electrons. The zero-order valence-corrected chi connectivity index (χ0v) is 11.5. The number of fused-ring (bicyclic) bond motifs is 1. The molecule has 2 heterocycles. The minimum absolute atomic E-state index is 0.0966. The molecule has 1 aliphatic rings. The SMILES string of the molecule is Cc1cc(C(=O)Nc2ccc3c(c2)OCO3)c(C)s1. The van der Waals surface area contributed by atoms with E-state index < -0.39 is 0 Å². The second-order valence-corrected chi connectivity index (χ2v) is 5.81. The van der Waals surface area contributed by atoms with Crippen molar-refractivity contribution in [2.75, 3.05) is 12.1 Å². The summed E-state index contributed by atoms with van der Waals surface area (Å²) in [6.45, 7) is 4.18. The number of ether oxygens (including phenoxy) is 2. The third-order valence-electron chi connectivity index (χ3n) is 2.92. The number of nitrogens with one attached hydrogen (secondary N) is 1. The lowest BCUT2D eigenvalue weighted by Crippen LogP contribution is -2.11. The van der Waals surface area contributed by atoms with Crippen LogP contribution in [0, 0.1) is 13.8 Å². The van der Waals surface area contributed by atoms with E-state index in [0.717, 1.165) is 15.3 Å². The minimum Gasteiger partial charge on any atom is -0.454 e. The number of carbonyl (C=O) groups excluding carboxylic acids is 1. The fourth-order valence-electron chi connectivity index (χ4n) is 2.03. The highest BCUT2D eigenvalue weighted by atomic mass is 32.1. The molecule has 5 heteroatoms. The lowest BCUT2D eigenvalue weighted by molar-refractivity contribution is 0.102. The molecule has 2 aromatic rings. The zero-order valence-electron chi connectivity index (χ0n) is 10.6. The van der Waals surface area contributed by atoms with Gasteiger partial charge in [0.25, 0.3) is 5.91 Å². The van der Waals surface area contributed by atoms with Crippen LogP contribution in [0.4, 0.5) is 5.69 Å². The Morgan fingerprint density at radius 3 is 2.74 bits per heavy atom. The van der Waals surface area contributed by atoms with Crippen LogP contribution in [0.1, 0.15) is 20.1 Å². The first-order chi connectivity index (χ1) is 9.13. The highest BCUT2D eigenvalue weighted by molar-refractivity contribution is 7.12. The van der Waals surface area contributed by atoms with E-state index in [1.54, 1.807) is 29.5 Å². The van der Waals surface area contributed by atoms with Gasteiger partial charge in [-0.3, -0.25) is 4.79 Å². The fourth-order valence-corrected chi connectivity index (χ4v) is 2.95. The highest BCUT2D eigenvalue weighted by Gasteiger charge is 2.16. The average molecular weight is 275 g/mol. The van der Waals surface area contributed by atoms with Gasteiger partial charge in [-0.25, -0.2) is 0 Å². The van der Waals surface area contributed by atoms with Gasteiger partial charge in [-0.15, -0.1) is 11.3 Å². The first-order valence-electron chi connectivity index (χ1n) is 5.91. The minimum atomic E-state index is -0.0966. The molecule has 1 aliphatic heterocycles. The van der Waals surface area contributed by atoms with Crippen molar-refractivity contribution < 1.29 is 14.3 Å². The maximum absolute atomic E-state index is 12.2. The summed E-state index contributed by atoms with van der Waals surface area (Å²) in [6, 6.07) is 7.28. The van der Waals surface area contributed by atoms with Crippen molar-refractivity contribution in [3.8, 4) is 11.5 Å². The Hall–Kier alpha value is -2.01. The second-order valence-electron chi connectivity index (χ2n) is 4.35. The van der Waals surface area contributed by atoms with Gasteiger partial charge in [0.1, 0.15) is 0 Å². The first-order valence-corrected chi connectivity index (χ1v) is 6.73. The topological polar surface area (TPSA) is 47.6 Å². The number of carbonyl (C=O) groups is 1. The molecule has 0 fully saturated rings. The number of hydrogen-bond acceptors (Lipinski definition) is 4. The van der Waals surface area contributed by atoms with Gasteiger partial charge in [-0.05, 0) is 32.0 Å². The molecule has 1 N–H and O–H groups in total. The Labute approximate surface area is 115 Å². The maximum atomic E-state index is 12.2. The van der Waals surface area contributed by atoms with Gasteiger partial charge in [0.05, 0.1) is 5.56 Å². The quantitative estimate of drug-likeness (QED) is 0.914. The zero-order chi connectivity index (χ0) is 13.4. The van der Waals surface area contributed by atoms with E-state index in [-0.39, 0.29) is 12.7 Å². The monoisotopic (exact) mass is 275 g/mol. The highest BCUT2D eigenvalue weighted by Crippen LogP contribution is 2.34. The molecule has 4 nitrogen and oxygen atoms in total.